The van der Waals surface area contributed by atoms with Crippen molar-refractivity contribution in [1.82, 2.24) is 10.2 Å². The first kappa shape index (κ1) is 31.8. The van der Waals surface area contributed by atoms with Gasteiger partial charge in [0.05, 0.1) is 16.4 Å². The molecule has 38 heavy (non-hydrogen) atoms. The van der Waals surface area contributed by atoms with Crippen molar-refractivity contribution >= 4 is 23.6 Å². The monoisotopic (exact) mass is 534 g/mol. The van der Waals surface area contributed by atoms with Crippen molar-refractivity contribution in [3.05, 3.63) is 79.9 Å². The Morgan fingerprint density at radius 3 is 1.61 bits per heavy atom. The first-order chi connectivity index (χ1) is 17.5. The Balaban J connectivity index is 0.000000382. The van der Waals surface area contributed by atoms with Gasteiger partial charge in [0.25, 0.3) is 11.4 Å². The van der Waals surface area contributed by atoms with Gasteiger partial charge in [0.2, 0.25) is 0 Å². The van der Waals surface area contributed by atoms with Crippen LogP contribution in [0, 0.1) is 20.2 Å². The number of nitrogens with zero attached hydrogens (tertiary/aromatic N) is 3. The van der Waals surface area contributed by atoms with Crippen LogP contribution in [-0.4, -0.2) is 50.0 Å². The van der Waals surface area contributed by atoms with Crippen molar-refractivity contribution in [3.63, 3.8) is 0 Å². The third kappa shape index (κ3) is 12.6. The summed E-state index contributed by atoms with van der Waals surface area (Å²) in [6, 6.07) is 11.7. The molecule has 0 atom stereocenters. The summed E-state index contributed by atoms with van der Waals surface area (Å²) in [5.74, 6) is 0. The van der Waals surface area contributed by atoms with Gasteiger partial charge in [0.1, 0.15) is 17.9 Å². The number of carbonyl (C=O) groups excluding carboxylic acids is 2. The summed E-state index contributed by atoms with van der Waals surface area (Å²) < 4.78 is 10.2. The minimum atomic E-state index is -0.653. The molecule has 0 aromatic heterocycles. The van der Waals surface area contributed by atoms with E-state index in [0.29, 0.717) is 5.56 Å². The van der Waals surface area contributed by atoms with E-state index >= 15 is 0 Å². The molecule has 0 spiro atoms. The minimum absolute atomic E-state index is 0.0241. The second-order valence-electron chi connectivity index (χ2n) is 10.0. The number of nitrogens with one attached hydrogen (secondary N) is 1. The number of alkyl carbamates (subject to hydrolysis) is 1. The van der Waals surface area contributed by atoms with Crippen LogP contribution in [-0.2, 0) is 22.6 Å². The van der Waals surface area contributed by atoms with Gasteiger partial charge in [-0.2, -0.15) is 0 Å². The Bertz CT molecular complexity index is 1090. The van der Waals surface area contributed by atoms with Crippen molar-refractivity contribution in [1.29, 1.82) is 0 Å². The van der Waals surface area contributed by atoms with Gasteiger partial charge in [-0.3, -0.25) is 25.1 Å². The van der Waals surface area contributed by atoms with Crippen LogP contribution in [0.25, 0.3) is 0 Å². The number of aliphatic hydroxyl groups excluding tert-OH is 1. The van der Waals surface area contributed by atoms with E-state index in [-0.39, 0.29) is 24.5 Å². The number of aliphatic hydroxyl groups is 1. The van der Waals surface area contributed by atoms with E-state index in [2.05, 4.69) is 5.32 Å². The molecule has 2 amide bonds. The fourth-order valence-corrected chi connectivity index (χ4v) is 2.67. The predicted molar refractivity (Wildman–Crippen MR) is 138 cm³/mol. The molecule has 0 unspecified atom stereocenters. The van der Waals surface area contributed by atoms with E-state index in [1.807, 2.05) is 0 Å². The first-order valence-corrected chi connectivity index (χ1v) is 11.5. The number of nitro groups is 2. The molecule has 0 heterocycles. The number of non-ortho nitro benzene ring substituents is 2. The molecule has 0 radical (unpaired) electrons. The third-order valence-electron chi connectivity index (χ3n) is 4.33. The zero-order valence-electron chi connectivity index (χ0n) is 22.3. The topological polar surface area (TPSA) is 174 Å². The van der Waals surface area contributed by atoms with Gasteiger partial charge in [0, 0.05) is 30.8 Å². The second-order valence-corrected chi connectivity index (χ2v) is 10.0. The third-order valence-corrected chi connectivity index (χ3v) is 4.33. The molecule has 2 aromatic carbocycles. The highest BCUT2D eigenvalue weighted by Gasteiger charge is 2.22. The van der Waals surface area contributed by atoms with Crippen molar-refractivity contribution in [2.45, 2.75) is 65.8 Å². The maximum Gasteiger partial charge on any atom is 0.412 e. The van der Waals surface area contributed by atoms with Gasteiger partial charge in [0.15, 0.2) is 0 Å². The molecule has 13 heteroatoms. The van der Waals surface area contributed by atoms with Crippen LogP contribution in [0.3, 0.4) is 0 Å². The highest BCUT2D eigenvalue weighted by Crippen LogP contribution is 2.16. The fourth-order valence-electron chi connectivity index (χ4n) is 2.67. The molecule has 0 saturated carbocycles. The first-order valence-electron chi connectivity index (χ1n) is 11.5. The number of amides is 2. The quantitative estimate of drug-likeness (QED) is 0.284. The van der Waals surface area contributed by atoms with Crippen molar-refractivity contribution in [3.8, 4) is 0 Å². The van der Waals surface area contributed by atoms with E-state index in [1.54, 1.807) is 53.7 Å². The standard InChI is InChI=1S/C13H18N2O5.C12H16N2O4/c1-13(2,3)20-12(17)14(9-16)8-10-4-6-11(7-5-10)15(18)19;1-12(2,3)18-11(15)13-8-9-4-6-10(7-5-9)14(16)17/h4-7,16H,8-9H2,1-3H3;4-7H,8H2,1-3H3,(H,13,15). The lowest BCUT2D eigenvalue weighted by Gasteiger charge is -2.26. The largest absolute Gasteiger partial charge is 0.444 e. The lowest BCUT2D eigenvalue weighted by atomic mass is 10.2. The highest BCUT2D eigenvalue weighted by atomic mass is 16.6. The maximum atomic E-state index is 11.8. The molecule has 0 fully saturated rings. The number of nitro benzene ring substituents is 2. The van der Waals surface area contributed by atoms with E-state index < -0.39 is 40.0 Å². The zero-order chi connectivity index (χ0) is 29.1. The maximum absolute atomic E-state index is 11.8. The lowest BCUT2D eigenvalue weighted by molar-refractivity contribution is -0.385. The van der Waals surface area contributed by atoms with E-state index in [0.717, 1.165) is 10.5 Å². The molecule has 0 aliphatic carbocycles. The van der Waals surface area contributed by atoms with E-state index in [9.17, 15) is 34.9 Å². The Kier molecular flexibility index (Phi) is 11.6. The summed E-state index contributed by atoms with van der Waals surface area (Å²) in [5.41, 5.74) is 0.235. The van der Waals surface area contributed by atoms with Crippen LogP contribution in [0.15, 0.2) is 48.5 Å². The Morgan fingerprint density at radius 1 is 0.816 bits per heavy atom. The fraction of sp³-hybridized carbons (Fsp3) is 0.440. The molecule has 2 aromatic rings. The average molecular weight is 535 g/mol. The van der Waals surface area contributed by atoms with Gasteiger partial charge in [-0.1, -0.05) is 24.3 Å². The molecular formula is C25H34N4O9. The van der Waals surface area contributed by atoms with Gasteiger partial charge < -0.3 is 19.9 Å². The zero-order valence-corrected chi connectivity index (χ0v) is 22.3. The number of ether oxygens (including phenoxy) is 2. The minimum Gasteiger partial charge on any atom is -0.444 e. The lowest BCUT2D eigenvalue weighted by Crippen LogP contribution is -2.36. The highest BCUT2D eigenvalue weighted by molar-refractivity contribution is 5.68. The summed E-state index contributed by atoms with van der Waals surface area (Å²) in [5, 5.41) is 32.8. The van der Waals surface area contributed by atoms with Crippen molar-refractivity contribution in [2.24, 2.45) is 0 Å². The molecule has 13 nitrogen and oxygen atoms in total. The van der Waals surface area contributed by atoms with Crippen LogP contribution in [0.1, 0.15) is 52.7 Å². The number of hydrogen-bond acceptors (Lipinski definition) is 9. The predicted octanol–water partition coefficient (Wildman–Crippen LogP) is 4.90. The number of hydrogen-bond donors (Lipinski definition) is 2. The Labute approximate surface area is 220 Å². The van der Waals surface area contributed by atoms with Gasteiger partial charge >= 0.3 is 12.2 Å². The van der Waals surface area contributed by atoms with Crippen LogP contribution in [0.4, 0.5) is 21.0 Å². The molecule has 208 valence electrons. The van der Waals surface area contributed by atoms with Crippen molar-refractivity contribution in [2.75, 3.05) is 6.73 Å². The molecule has 2 rings (SSSR count). The molecule has 0 saturated heterocycles. The summed E-state index contributed by atoms with van der Waals surface area (Å²) >= 11 is 0. The SMILES string of the molecule is CC(C)(C)OC(=O)N(CO)Cc1ccc([N+](=O)[O-])cc1.CC(C)(C)OC(=O)NCc1ccc([N+](=O)[O-])cc1. The summed E-state index contributed by atoms with van der Waals surface area (Å²) in [6.45, 7) is 10.4. The summed E-state index contributed by atoms with van der Waals surface area (Å²) in [7, 11) is 0. The molecular weight excluding hydrogens is 500 g/mol. The van der Waals surface area contributed by atoms with Crippen LogP contribution < -0.4 is 5.32 Å². The van der Waals surface area contributed by atoms with Crippen LogP contribution in [0.2, 0.25) is 0 Å². The average Bonchev–Trinajstić information content (AvgIpc) is 2.80. The summed E-state index contributed by atoms with van der Waals surface area (Å²) in [4.78, 5) is 44.3. The van der Waals surface area contributed by atoms with Gasteiger partial charge in [-0.05, 0) is 52.7 Å². The molecule has 0 aliphatic heterocycles. The van der Waals surface area contributed by atoms with E-state index in [1.165, 1.54) is 36.4 Å². The molecule has 0 aliphatic rings. The molecule has 2 N–H and O–H groups in total. The van der Waals surface area contributed by atoms with Crippen molar-refractivity contribution < 1.29 is 34.0 Å². The van der Waals surface area contributed by atoms with Crippen LogP contribution >= 0.6 is 0 Å². The Morgan fingerprint density at radius 2 is 1.24 bits per heavy atom. The second kappa shape index (κ2) is 13.9. The van der Waals surface area contributed by atoms with Gasteiger partial charge in [-0.15, -0.1) is 0 Å². The van der Waals surface area contributed by atoms with E-state index in [4.69, 9.17) is 9.47 Å². The summed E-state index contributed by atoms with van der Waals surface area (Å²) in [6.07, 6.45) is -1.15. The van der Waals surface area contributed by atoms with Gasteiger partial charge in [-0.25, -0.2) is 9.59 Å². The number of carbonyl (C=O) groups is 2. The van der Waals surface area contributed by atoms with Crippen LogP contribution in [0.5, 0.6) is 0 Å². The smallest absolute Gasteiger partial charge is 0.412 e. The molecule has 0 bridgehead atoms. The Hall–Kier alpha value is -4.26. The number of rotatable bonds is 7. The normalized spacial score (nSPS) is 10.9. The number of benzene rings is 2.